The van der Waals surface area contributed by atoms with Gasteiger partial charge >= 0.3 is 0 Å². The van der Waals surface area contributed by atoms with Gasteiger partial charge in [-0.2, -0.15) is 0 Å². The van der Waals surface area contributed by atoms with E-state index in [2.05, 4.69) is 0 Å². The average Bonchev–Trinajstić information content (AvgIpc) is 3.24. The van der Waals surface area contributed by atoms with Crippen molar-refractivity contribution >= 4 is 11.3 Å². The average molecular weight is 431 g/mol. The maximum absolute atomic E-state index is 14.7. The van der Waals surface area contributed by atoms with Gasteiger partial charge in [-0.15, -0.1) is 11.3 Å². The van der Waals surface area contributed by atoms with E-state index in [1.54, 1.807) is 35.6 Å². The summed E-state index contributed by atoms with van der Waals surface area (Å²) in [5, 5.41) is 19.5. The summed E-state index contributed by atoms with van der Waals surface area (Å²) < 4.78 is 33.8. The summed E-state index contributed by atoms with van der Waals surface area (Å²) >= 11 is 1.56. The van der Waals surface area contributed by atoms with Gasteiger partial charge < -0.3 is 14.9 Å². The number of hydrogen-bond donors (Lipinski definition) is 2. The Balaban J connectivity index is 1.59. The Morgan fingerprint density at radius 2 is 1.83 bits per heavy atom. The molecular weight excluding hydrogens is 406 g/mol. The molecule has 2 aromatic carbocycles. The van der Waals surface area contributed by atoms with Crippen LogP contribution in [-0.2, 0) is 4.74 Å². The Labute approximate surface area is 178 Å². The Bertz CT molecular complexity index is 1000. The minimum atomic E-state index is -0.553. The second-order valence-corrected chi connectivity index (χ2v) is 8.88. The van der Waals surface area contributed by atoms with Crippen LogP contribution in [0.1, 0.15) is 47.8 Å². The molecule has 0 radical (unpaired) electrons. The lowest BCUT2D eigenvalue weighted by atomic mass is 9.91. The number of rotatable bonds is 5. The van der Waals surface area contributed by atoms with Crippen LogP contribution in [0.25, 0.3) is 10.4 Å². The van der Waals surface area contributed by atoms with Crippen molar-refractivity contribution in [2.75, 3.05) is 6.61 Å². The van der Waals surface area contributed by atoms with Gasteiger partial charge in [-0.3, -0.25) is 0 Å². The standard InChI is InChI=1S/C24H24F2O3S/c1-14(23-8-9-24(30-23)15-2-5-17(25)6-3-15)20-10-16(4-7-21(20)26)22-12-18(28)11-19(13-27)29-22/h2-10,14,18-19,22,27-28H,11-13H2,1H3. The molecule has 0 amide bonds. The first-order chi connectivity index (χ1) is 14.4. The summed E-state index contributed by atoms with van der Waals surface area (Å²) in [6.07, 6.45) is -0.527. The number of aliphatic hydroxyl groups excluding tert-OH is 2. The molecule has 0 bridgehead atoms. The van der Waals surface area contributed by atoms with E-state index in [1.165, 1.54) is 18.2 Å². The van der Waals surface area contributed by atoms with Crippen LogP contribution in [0.4, 0.5) is 8.78 Å². The lowest BCUT2D eigenvalue weighted by Gasteiger charge is -2.33. The maximum Gasteiger partial charge on any atom is 0.127 e. The molecule has 1 aliphatic heterocycles. The predicted octanol–water partition coefficient (Wildman–Crippen LogP) is 5.42. The fraction of sp³-hybridized carbons (Fsp3) is 0.333. The molecule has 2 N–H and O–H groups in total. The van der Waals surface area contributed by atoms with Crippen molar-refractivity contribution in [3.63, 3.8) is 0 Å². The largest absolute Gasteiger partial charge is 0.394 e. The van der Waals surface area contributed by atoms with E-state index in [0.717, 1.165) is 20.9 Å². The van der Waals surface area contributed by atoms with Gasteiger partial charge in [0.25, 0.3) is 0 Å². The molecular formula is C24H24F2O3S. The Kier molecular flexibility index (Phi) is 6.29. The molecule has 6 heteroatoms. The van der Waals surface area contributed by atoms with Gasteiger partial charge in [0.05, 0.1) is 24.9 Å². The van der Waals surface area contributed by atoms with Crippen LogP contribution in [0.2, 0.25) is 0 Å². The molecule has 1 aliphatic rings. The van der Waals surface area contributed by atoms with Crippen LogP contribution in [0.3, 0.4) is 0 Å². The lowest BCUT2D eigenvalue weighted by Crippen LogP contribution is -2.33. The third kappa shape index (κ3) is 4.47. The van der Waals surface area contributed by atoms with Gasteiger partial charge in [0, 0.05) is 28.5 Å². The zero-order valence-electron chi connectivity index (χ0n) is 16.6. The molecule has 30 heavy (non-hydrogen) atoms. The normalized spacial score (nSPS) is 22.8. The Morgan fingerprint density at radius 3 is 2.57 bits per heavy atom. The third-order valence-corrected chi connectivity index (χ3v) is 6.94. The number of hydrogen-bond acceptors (Lipinski definition) is 4. The van der Waals surface area contributed by atoms with E-state index < -0.39 is 12.2 Å². The minimum absolute atomic E-state index is 0.153. The van der Waals surface area contributed by atoms with E-state index in [0.29, 0.717) is 18.4 Å². The summed E-state index contributed by atoms with van der Waals surface area (Å²) in [5.41, 5.74) is 2.28. The summed E-state index contributed by atoms with van der Waals surface area (Å²) in [5.74, 6) is -0.745. The highest BCUT2D eigenvalue weighted by molar-refractivity contribution is 7.15. The lowest BCUT2D eigenvalue weighted by molar-refractivity contribution is -0.113. The molecule has 1 fully saturated rings. The zero-order valence-corrected chi connectivity index (χ0v) is 17.4. The topological polar surface area (TPSA) is 49.7 Å². The van der Waals surface area contributed by atoms with Crippen molar-refractivity contribution < 1.29 is 23.7 Å². The molecule has 4 unspecified atom stereocenters. The number of benzene rings is 2. The molecule has 158 valence electrons. The molecule has 2 heterocycles. The molecule has 1 aromatic heterocycles. The van der Waals surface area contributed by atoms with Crippen molar-refractivity contribution in [1.29, 1.82) is 0 Å². The van der Waals surface area contributed by atoms with Crippen LogP contribution in [0.5, 0.6) is 0 Å². The summed E-state index contributed by atoms with van der Waals surface area (Å²) in [7, 11) is 0. The van der Waals surface area contributed by atoms with Crippen LogP contribution in [-0.4, -0.2) is 29.0 Å². The van der Waals surface area contributed by atoms with Crippen LogP contribution in [0, 0.1) is 11.6 Å². The van der Waals surface area contributed by atoms with Crippen LogP contribution in [0.15, 0.2) is 54.6 Å². The molecule has 0 saturated carbocycles. The quantitative estimate of drug-likeness (QED) is 0.568. The highest BCUT2D eigenvalue weighted by Gasteiger charge is 2.30. The van der Waals surface area contributed by atoms with Gasteiger partial charge in [-0.25, -0.2) is 8.78 Å². The highest BCUT2D eigenvalue weighted by Crippen LogP contribution is 2.38. The van der Waals surface area contributed by atoms with Crippen LogP contribution < -0.4 is 0 Å². The first kappa shape index (κ1) is 21.1. The molecule has 4 atom stereocenters. The van der Waals surface area contributed by atoms with Crippen LogP contribution >= 0.6 is 11.3 Å². The second kappa shape index (κ2) is 8.94. The van der Waals surface area contributed by atoms with Gasteiger partial charge in [0.15, 0.2) is 0 Å². The van der Waals surface area contributed by atoms with Crippen molar-refractivity contribution in [2.24, 2.45) is 0 Å². The van der Waals surface area contributed by atoms with E-state index in [-0.39, 0.29) is 30.3 Å². The molecule has 1 saturated heterocycles. The monoisotopic (exact) mass is 430 g/mol. The van der Waals surface area contributed by atoms with Gasteiger partial charge in [-0.05, 0) is 53.1 Å². The molecule has 0 spiro atoms. The minimum Gasteiger partial charge on any atom is -0.394 e. The van der Waals surface area contributed by atoms with Crippen molar-refractivity contribution in [3.05, 3.63) is 82.2 Å². The van der Waals surface area contributed by atoms with Crippen molar-refractivity contribution in [2.45, 2.75) is 44.0 Å². The number of ether oxygens (including phenoxy) is 1. The molecule has 3 aromatic rings. The van der Waals surface area contributed by atoms with E-state index in [4.69, 9.17) is 4.74 Å². The van der Waals surface area contributed by atoms with Crippen molar-refractivity contribution in [1.82, 2.24) is 0 Å². The van der Waals surface area contributed by atoms with Gasteiger partial charge in [-0.1, -0.05) is 25.1 Å². The Morgan fingerprint density at radius 1 is 1.07 bits per heavy atom. The SMILES string of the molecule is CC(c1ccc(-c2ccc(F)cc2)s1)c1cc(C2CC(O)CC(CO)O2)ccc1F. The third-order valence-electron chi connectivity index (χ3n) is 5.62. The second-order valence-electron chi connectivity index (χ2n) is 7.77. The number of aliphatic hydroxyl groups is 2. The summed E-state index contributed by atoms with van der Waals surface area (Å²) in [6.45, 7) is 1.80. The van der Waals surface area contributed by atoms with Gasteiger partial charge in [0.1, 0.15) is 11.6 Å². The van der Waals surface area contributed by atoms with E-state index in [9.17, 15) is 19.0 Å². The predicted molar refractivity (Wildman–Crippen MR) is 114 cm³/mol. The number of thiophene rings is 1. The van der Waals surface area contributed by atoms with E-state index >= 15 is 0 Å². The van der Waals surface area contributed by atoms with E-state index in [1.807, 2.05) is 19.1 Å². The highest BCUT2D eigenvalue weighted by atomic mass is 32.1. The fourth-order valence-corrected chi connectivity index (χ4v) is 5.01. The molecule has 0 aliphatic carbocycles. The number of halogens is 2. The maximum atomic E-state index is 14.7. The fourth-order valence-electron chi connectivity index (χ4n) is 3.92. The zero-order chi connectivity index (χ0) is 21.3. The molecule has 4 rings (SSSR count). The first-order valence-electron chi connectivity index (χ1n) is 10.0. The summed E-state index contributed by atoms with van der Waals surface area (Å²) in [4.78, 5) is 2.00. The van der Waals surface area contributed by atoms with Gasteiger partial charge in [0.2, 0.25) is 0 Å². The summed E-state index contributed by atoms with van der Waals surface area (Å²) in [6, 6.07) is 15.2. The Hall–Kier alpha value is -2.12. The smallest absolute Gasteiger partial charge is 0.127 e. The first-order valence-corrected chi connectivity index (χ1v) is 10.9. The van der Waals surface area contributed by atoms with Crippen molar-refractivity contribution in [3.8, 4) is 10.4 Å². The molecule has 3 nitrogen and oxygen atoms in total.